The molecule has 0 aromatic heterocycles. The third kappa shape index (κ3) is 5.43. The van der Waals surface area contributed by atoms with Crippen molar-refractivity contribution in [1.82, 2.24) is 5.32 Å². The van der Waals surface area contributed by atoms with Crippen molar-refractivity contribution >= 4 is 18.8 Å². The van der Waals surface area contributed by atoms with Crippen LogP contribution in [0.2, 0.25) is 0 Å². The van der Waals surface area contributed by atoms with E-state index in [2.05, 4.69) is 22.9 Å². The SMILES string of the molecule is CNC1=CCC=NC=C1OC/C=C/C=C(\S)[N+](=O)[O-]. The topological polar surface area (TPSA) is 76.8 Å². The zero-order valence-electron chi connectivity index (χ0n) is 10.4. The lowest BCUT2D eigenvalue weighted by Crippen LogP contribution is -2.10. The van der Waals surface area contributed by atoms with E-state index in [0.717, 1.165) is 12.1 Å². The van der Waals surface area contributed by atoms with Crippen LogP contribution in [0.1, 0.15) is 6.42 Å². The van der Waals surface area contributed by atoms with Gasteiger partial charge in [-0.25, -0.2) is 0 Å². The van der Waals surface area contributed by atoms with Crippen molar-refractivity contribution in [2.45, 2.75) is 6.42 Å². The number of nitro groups is 1. The average Bonchev–Trinajstić information content (AvgIpc) is 2.62. The van der Waals surface area contributed by atoms with Crippen LogP contribution >= 0.6 is 12.6 Å². The molecular weight excluding hydrogens is 266 g/mol. The second-order valence-corrected chi connectivity index (χ2v) is 3.91. The normalized spacial score (nSPS) is 15.8. The summed E-state index contributed by atoms with van der Waals surface area (Å²) in [5, 5.41) is 13.1. The Hall–Kier alpha value is -2.02. The highest BCUT2D eigenvalue weighted by atomic mass is 32.1. The number of rotatable bonds is 6. The fourth-order valence-electron chi connectivity index (χ4n) is 1.27. The van der Waals surface area contributed by atoms with Crippen molar-refractivity contribution in [2.75, 3.05) is 13.7 Å². The zero-order chi connectivity index (χ0) is 14.1. The van der Waals surface area contributed by atoms with Crippen molar-refractivity contribution < 1.29 is 9.66 Å². The predicted molar refractivity (Wildman–Crippen MR) is 77.5 cm³/mol. The van der Waals surface area contributed by atoms with Crippen LogP contribution < -0.4 is 5.32 Å². The minimum absolute atomic E-state index is 0.217. The monoisotopic (exact) mass is 281 g/mol. The number of aliphatic imine (C=N–C) groups is 1. The highest BCUT2D eigenvalue weighted by Gasteiger charge is 2.05. The largest absolute Gasteiger partial charge is 0.486 e. The van der Waals surface area contributed by atoms with E-state index in [0.29, 0.717) is 5.76 Å². The van der Waals surface area contributed by atoms with E-state index in [-0.39, 0.29) is 11.6 Å². The summed E-state index contributed by atoms with van der Waals surface area (Å²) in [5.41, 5.74) is 0.863. The lowest BCUT2D eigenvalue weighted by molar-refractivity contribution is -0.410. The van der Waals surface area contributed by atoms with Crippen molar-refractivity contribution in [1.29, 1.82) is 0 Å². The van der Waals surface area contributed by atoms with Gasteiger partial charge in [0.05, 0.1) is 16.8 Å². The first-order valence-electron chi connectivity index (χ1n) is 5.58. The van der Waals surface area contributed by atoms with Gasteiger partial charge < -0.3 is 10.1 Å². The van der Waals surface area contributed by atoms with E-state index >= 15 is 0 Å². The first-order valence-corrected chi connectivity index (χ1v) is 6.03. The van der Waals surface area contributed by atoms with Crippen LogP contribution in [0.25, 0.3) is 0 Å². The molecule has 7 heteroatoms. The molecule has 0 aromatic rings. The molecule has 0 spiro atoms. The van der Waals surface area contributed by atoms with Crippen molar-refractivity contribution in [3.8, 4) is 0 Å². The van der Waals surface area contributed by atoms with E-state index in [1.807, 2.05) is 6.08 Å². The van der Waals surface area contributed by atoms with Gasteiger partial charge in [-0.05, 0) is 6.08 Å². The van der Waals surface area contributed by atoms with Gasteiger partial charge in [0.1, 0.15) is 6.61 Å². The number of ether oxygens (including phenoxy) is 1. The molecule has 0 amide bonds. The average molecular weight is 281 g/mol. The summed E-state index contributed by atoms with van der Waals surface area (Å²) in [6.07, 6.45) is 10.6. The Kier molecular flexibility index (Phi) is 6.45. The minimum Gasteiger partial charge on any atom is -0.486 e. The second-order valence-electron chi connectivity index (χ2n) is 3.45. The second kappa shape index (κ2) is 8.15. The van der Waals surface area contributed by atoms with E-state index in [1.54, 1.807) is 25.5 Å². The number of thiol groups is 1. The van der Waals surface area contributed by atoms with E-state index in [1.165, 1.54) is 12.2 Å². The number of allylic oxidation sites excluding steroid dienone is 3. The Morgan fingerprint density at radius 1 is 1.74 bits per heavy atom. The lowest BCUT2D eigenvalue weighted by atomic mass is 10.3. The van der Waals surface area contributed by atoms with Crippen LogP contribution in [0.4, 0.5) is 0 Å². The van der Waals surface area contributed by atoms with Gasteiger partial charge in [0.25, 0.3) is 5.03 Å². The molecule has 102 valence electrons. The maximum atomic E-state index is 10.3. The fourth-order valence-corrected chi connectivity index (χ4v) is 1.36. The third-order valence-corrected chi connectivity index (χ3v) is 2.48. The summed E-state index contributed by atoms with van der Waals surface area (Å²) in [6, 6.07) is 0. The Bertz CT molecular complexity index is 479. The molecule has 1 aliphatic heterocycles. The molecule has 1 heterocycles. The molecule has 0 aliphatic carbocycles. The molecular formula is C12H15N3O3S. The number of hydrogen-bond donors (Lipinski definition) is 2. The molecule has 19 heavy (non-hydrogen) atoms. The lowest BCUT2D eigenvalue weighted by Gasteiger charge is -2.10. The van der Waals surface area contributed by atoms with E-state index < -0.39 is 4.92 Å². The summed E-state index contributed by atoms with van der Waals surface area (Å²) in [5.74, 6) is 0.630. The summed E-state index contributed by atoms with van der Waals surface area (Å²) < 4.78 is 5.51. The Labute approximate surface area is 116 Å². The molecule has 0 saturated carbocycles. The van der Waals surface area contributed by atoms with E-state index in [9.17, 15) is 10.1 Å². The Morgan fingerprint density at radius 3 is 3.21 bits per heavy atom. The first kappa shape index (κ1) is 15.0. The minimum atomic E-state index is -0.571. The summed E-state index contributed by atoms with van der Waals surface area (Å²) >= 11 is 3.69. The molecule has 1 N–H and O–H groups in total. The highest BCUT2D eigenvalue weighted by Crippen LogP contribution is 2.12. The molecule has 0 fully saturated rings. The number of nitrogens with zero attached hydrogens (tertiary/aromatic N) is 2. The Morgan fingerprint density at radius 2 is 2.53 bits per heavy atom. The number of hydrogen-bond acceptors (Lipinski definition) is 6. The van der Waals surface area contributed by atoms with Gasteiger partial charge in [0.15, 0.2) is 5.76 Å². The molecule has 0 radical (unpaired) electrons. The molecule has 0 bridgehead atoms. The summed E-state index contributed by atoms with van der Waals surface area (Å²) in [4.78, 5) is 13.8. The van der Waals surface area contributed by atoms with Crippen LogP contribution in [0.5, 0.6) is 0 Å². The zero-order valence-corrected chi connectivity index (χ0v) is 11.3. The summed E-state index contributed by atoms with van der Waals surface area (Å²) in [7, 11) is 1.80. The van der Waals surface area contributed by atoms with Crippen molar-refractivity contribution in [2.24, 2.45) is 4.99 Å². The molecule has 0 atom stereocenters. The van der Waals surface area contributed by atoms with Gasteiger partial charge in [-0.2, -0.15) is 0 Å². The molecule has 1 aliphatic rings. The fraction of sp³-hybridized carbons (Fsp3) is 0.250. The molecule has 1 rings (SSSR count). The van der Waals surface area contributed by atoms with Crippen LogP contribution in [0, 0.1) is 10.1 Å². The molecule has 0 unspecified atom stereocenters. The molecule has 6 nitrogen and oxygen atoms in total. The summed E-state index contributed by atoms with van der Waals surface area (Å²) in [6.45, 7) is 0.287. The van der Waals surface area contributed by atoms with Crippen molar-refractivity contribution in [3.63, 3.8) is 0 Å². The quantitative estimate of drug-likeness (QED) is 0.338. The van der Waals surface area contributed by atoms with Gasteiger partial charge in [0, 0.05) is 25.8 Å². The van der Waals surface area contributed by atoms with Crippen LogP contribution in [0.15, 0.2) is 52.0 Å². The van der Waals surface area contributed by atoms with Gasteiger partial charge >= 0.3 is 0 Å². The van der Waals surface area contributed by atoms with Crippen LogP contribution in [0.3, 0.4) is 0 Å². The standard InChI is InChI=1S/C12H15N3O3S/c1-13-10-5-4-7-14-9-11(10)18-8-3-2-6-12(19)15(16)17/h2-3,5-7,9,13,19H,4,8H2,1H3/b3-2+,12-6-. The van der Waals surface area contributed by atoms with Gasteiger partial charge in [0.2, 0.25) is 0 Å². The van der Waals surface area contributed by atoms with Gasteiger partial charge in [-0.1, -0.05) is 24.8 Å². The predicted octanol–water partition coefficient (Wildman–Crippen LogP) is 2.03. The smallest absolute Gasteiger partial charge is 0.300 e. The number of likely N-dealkylation sites (N-methyl/N-ethyl adjacent to an activating group) is 1. The maximum Gasteiger partial charge on any atom is 0.300 e. The maximum absolute atomic E-state index is 10.3. The first-order chi connectivity index (χ1) is 9.15. The molecule has 0 saturated heterocycles. The molecule has 0 aromatic carbocycles. The van der Waals surface area contributed by atoms with Crippen LogP contribution in [-0.4, -0.2) is 24.8 Å². The van der Waals surface area contributed by atoms with Gasteiger partial charge in [-0.15, -0.1) is 0 Å². The number of nitrogens with one attached hydrogen (secondary N) is 1. The highest BCUT2D eigenvalue weighted by molar-refractivity contribution is 7.84. The van der Waals surface area contributed by atoms with Gasteiger partial charge in [-0.3, -0.25) is 15.1 Å². The van der Waals surface area contributed by atoms with Crippen molar-refractivity contribution in [3.05, 3.63) is 57.1 Å². The van der Waals surface area contributed by atoms with E-state index in [4.69, 9.17) is 4.74 Å². The Balaban J connectivity index is 2.50. The third-order valence-electron chi connectivity index (χ3n) is 2.16. The van der Waals surface area contributed by atoms with Crippen LogP contribution in [-0.2, 0) is 4.74 Å².